The first kappa shape index (κ1) is 16.2. The number of piperidine rings is 1. The van der Waals surface area contributed by atoms with Gasteiger partial charge in [0.05, 0.1) is 0 Å². The van der Waals surface area contributed by atoms with Crippen LogP contribution in [0.1, 0.15) is 39.3 Å². The molecule has 0 atom stereocenters. The van der Waals surface area contributed by atoms with E-state index < -0.39 is 5.97 Å². The van der Waals surface area contributed by atoms with Crippen LogP contribution in [0.2, 0.25) is 0 Å². The minimum absolute atomic E-state index is 0.0974. The summed E-state index contributed by atoms with van der Waals surface area (Å²) in [6.07, 6.45) is 4.36. The lowest BCUT2D eigenvalue weighted by Gasteiger charge is -2.32. The minimum atomic E-state index is -1.12. The summed E-state index contributed by atoms with van der Waals surface area (Å²) in [7, 11) is 0. The van der Waals surface area contributed by atoms with Gasteiger partial charge in [-0.15, -0.1) is 0 Å². The molecule has 0 spiro atoms. The van der Waals surface area contributed by atoms with Crippen LogP contribution < -0.4 is 0 Å². The van der Waals surface area contributed by atoms with Crippen molar-refractivity contribution in [1.29, 1.82) is 0 Å². The summed E-state index contributed by atoms with van der Waals surface area (Å²) in [5.41, 5.74) is 1.63. The molecule has 0 unspecified atom stereocenters. The third kappa shape index (κ3) is 3.79. The summed E-state index contributed by atoms with van der Waals surface area (Å²) >= 11 is 0. The van der Waals surface area contributed by atoms with Crippen molar-refractivity contribution in [1.82, 2.24) is 9.88 Å². The van der Waals surface area contributed by atoms with Crippen LogP contribution in [0.5, 0.6) is 0 Å². The maximum absolute atomic E-state index is 12.5. The maximum Gasteiger partial charge on any atom is 0.354 e. The number of carbonyl (C=O) groups excluding carboxylic acids is 1. The highest BCUT2D eigenvalue weighted by Crippen LogP contribution is 2.23. The first-order chi connectivity index (χ1) is 11.6. The van der Waals surface area contributed by atoms with Crippen molar-refractivity contribution < 1.29 is 14.7 Å². The zero-order valence-corrected chi connectivity index (χ0v) is 13.4. The average Bonchev–Trinajstić information content (AvgIpc) is 2.63. The fourth-order valence-electron chi connectivity index (χ4n) is 3.15. The number of amides is 1. The van der Waals surface area contributed by atoms with E-state index >= 15 is 0 Å². The quantitative estimate of drug-likeness (QED) is 0.939. The third-order valence-corrected chi connectivity index (χ3v) is 4.49. The molecule has 0 bridgehead atoms. The third-order valence-electron chi connectivity index (χ3n) is 4.49. The Hall–Kier alpha value is -2.69. The zero-order valence-electron chi connectivity index (χ0n) is 13.4. The number of pyridine rings is 1. The highest BCUT2D eigenvalue weighted by molar-refractivity contribution is 5.96. The fraction of sp³-hybridized carbons (Fsp3) is 0.316. The van der Waals surface area contributed by atoms with E-state index in [0.29, 0.717) is 24.6 Å². The largest absolute Gasteiger partial charge is 0.477 e. The van der Waals surface area contributed by atoms with E-state index in [9.17, 15) is 9.59 Å². The van der Waals surface area contributed by atoms with Crippen molar-refractivity contribution in [3.63, 3.8) is 0 Å². The van der Waals surface area contributed by atoms with E-state index in [4.69, 9.17) is 5.11 Å². The van der Waals surface area contributed by atoms with Crippen molar-refractivity contribution >= 4 is 11.9 Å². The normalized spacial score (nSPS) is 15.2. The molecule has 0 saturated carbocycles. The number of likely N-dealkylation sites (tertiary alicyclic amines) is 1. The first-order valence-corrected chi connectivity index (χ1v) is 8.16. The minimum Gasteiger partial charge on any atom is -0.477 e. The van der Waals surface area contributed by atoms with E-state index in [1.165, 1.54) is 17.8 Å². The second kappa shape index (κ2) is 7.25. The molecule has 5 heteroatoms. The van der Waals surface area contributed by atoms with Gasteiger partial charge in [0.25, 0.3) is 5.91 Å². The molecule has 1 saturated heterocycles. The molecular weight excluding hydrogens is 304 g/mol. The lowest BCUT2D eigenvalue weighted by atomic mass is 9.90. The van der Waals surface area contributed by atoms with Crippen LogP contribution in [0.4, 0.5) is 0 Å². The Balaban J connectivity index is 1.59. The van der Waals surface area contributed by atoms with Gasteiger partial charge in [-0.2, -0.15) is 0 Å². The Morgan fingerprint density at radius 2 is 1.83 bits per heavy atom. The van der Waals surface area contributed by atoms with Crippen LogP contribution in [-0.2, 0) is 6.42 Å². The summed E-state index contributed by atoms with van der Waals surface area (Å²) in [6, 6.07) is 13.3. The van der Waals surface area contributed by atoms with E-state index in [1.54, 1.807) is 6.07 Å². The van der Waals surface area contributed by atoms with Gasteiger partial charge in [0.15, 0.2) is 0 Å². The van der Waals surface area contributed by atoms with Crippen LogP contribution in [0, 0.1) is 5.92 Å². The molecule has 2 aromatic rings. The van der Waals surface area contributed by atoms with Gasteiger partial charge in [0.2, 0.25) is 0 Å². The number of hydrogen-bond donors (Lipinski definition) is 1. The summed E-state index contributed by atoms with van der Waals surface area (Å²) in [5.74, 6) is -0.646. The number of rotatable bonds is 4. The topological polar surface area (TPSA) is 70.5 Å². The molecule has 1 amide bonds. The second-order valence-electron chi connectivity index (χ2n) is 6.16. The fourth-order valence-corrected chi connectivity index (χ4v) is 3.15. The molecule has 2 heterocycles. The van der Waals surface area contributed by atoms with Crippen molar-refractivity contribution in [2.75, 3.05) is 13.1 Å². The van der Waals surface area contributed by atoms with Gasteiger partial charge in [-0.3, -0.25) is 4.79 Å². The Bertz CT molecular complexity index is 722. The van der Waals surface area contributed by atoms with E-state index in [-0.39, 0.29) is 11.6 Å². The molecule has 1 aromatic heterocycles. The predicted octanol–water partition coefficient (Wildman–Crippen LogP) is 2.87. The number of aromatic carboxylic acids is 1. The van der Waals surface area contributed by atoms with Crippen molar-refractivity contribution in [2.45, 2.75) is 19.3 Å². The molecule has 0 aliphatic carbocycles. The van der Waals surface area contributed by atoms with Gasteiger partial charge in [-0.25, -0.2) is 9.78 Å². The smallest absolute Gasteiger partial charge is 0.354 e. The highest BCUT2D eigenvalue weighted by Gasteiger charge is 2.24. The maximum atomic E-state index is 12.5. The van der Waals surface area contributed by atoms with E-state index in [2.05, 4.69) is 29.2 Å². The molecule has 1 N–H and O–H groups in total. The lowest BCUT2D eigenvalue weighted by Crippen LogP contribution is -2.39. The molecular formula is C19H20N2O3. The average molecular weight is 324 g/mol. The van der Waals surface area contributed by atoms with Gasteiger partial charge in [0.1, 0.15) is 5.69 Å². The zero-order chi connectivity index (χ0) is 16.9. The molecule has 1 fully saturated rings. The van der Waals surface area contributed by atoms with Gasteiger partial charge >= 0.3 is 5.97 Å². The summed E-state index contributed by atoms with van der Waals surface area (Å²) < 4.78 is 0. The molecule has 124 valence electrons. The Labute approximate surface area is 140 Å². The van der Waals surface area contributed by atoms with Crippen LogP contribution in [-0.4, -0.2) is 40.0 Å². The monoisotopic (exact) mass is 324 g/mol. The van der Waals surface area contributed by atoms with Crippen LogP contribution in [0.25, 0.3) is 0 Å². The van der Waals surface area contributed by atoms with Gasteiger partial charge < -0.3 is 10.0 Å². The summed E-state index contributed by atoms with van der Waals surface area (Å²) in [4.78, 5) is 29.1. The number of carbonyl (C=O) groups is 2. The molecule has 24 heavy (non-hydrogen) atoms. The summed E-state index contributed by atoms with van der Waals surface area (Å²) in [6.45, 7) is 1.42. The molecule has 0 radical (unpaired) electrons. The number of hydrogen-bond acceptors (Lipinski definition) is 3. The molecule has 3 rings (SSSR count). The van der Waals surface area contributed by atoms with Crippen molar-refractivity contribution in [3.05, 3.63) is 65.5 Å². The Morgan fingerprint density at radius 1 is 1.12 bits per heavy atom. The molecule has 5 nitrogen and oxygen atoms in total. The Morgan fingerprint density at radius 3 is 2.50 bits per heavy atom. The van der Waals surface area contributed by atoms with Gasteiger partial charge in [-0.05, 0) is 42.9 Å². The van der Waals surface area contributed by atoms with Gasteiger partial charge in [-0.1, -0.05) is 30.3 Å². The van der Waals surface area contributed by atoms with Crippen molar-refractivity contribution in [3.8, 4) is 0 Å². The highest BCUT2D eigenvalue weighted by atomic mass is 16.4. The second-order valence-corrected chi connectivity index (χ2v) is 6.16. The number of aromatic nitrogens is 1. The van der Waals surface area contributed by atoms with E-state index in [1.807, 2.05) is 11.0 Å². The van der Waals surface area contributed by atoms with E-state index in [0.717, 1.165) is 19.3 Å². The molecule has 1 aliphatic rings. The SMILES string of the molecule is O=C(O)c1cc(C(=O)N2CCC(Cc3ccccc3)CC2)ccn1. The number of benzene rings is 1. The Kier molecular flexibility index (Phi) is 4.89. The summed E-state index contributed by atoms with van der Waals surface area (Å²) in [5, 5.41) is 8.99. The van der Waals surface area contributed by atoms with Crippen LogP contribution in [0.3, 0.4) is 0 Å². The first-order valence-electron chi connectivity index (χ1n) is 8.16. The van der Waals surface area contributed by atoms with Crippen molar-refractivity contribution in [2.24, 2.45) is 5.92 Å². The lowest BCUT2D eigenvalue weighted by molar-refractivity contribution is 0.0689. The molecule has 1 aromatic carbocycles. The number of carboxylic acid groups (broad SMARTS) is 1. The number of nitrogens with zero attached hydrogens (tertiary/aromatic N) is 2. The van der Waals surface area contributed by atoms with Gasteiger partial charge in [0, 0.05) is 24.8 Å². The van der Waals surface area contributed by atoms with Crippen LogP contribution >= 0.6 is 0 Å². The van der Waals surface area contributed by atoms with Crippen LogP contribution in [0.15, 0.2) is 48.7 Å². The molecule has 1 aliphatic heterocycles. The predicted molar refractivity (Wildman–Crippen MR) is 90.0 cm³/mol. The standard InChI is InChI=1S/C19H20N2O3/c22-18(16-6-9-20-17(13-16)19(23)24)21-10-7-15(8-11-21)12-14-4-2-1-3-5-14/h1-6,9,13,15H,7-8,10-12H2,(H,23,24). The number of carboxylic acids is 1.